The van der Waals surface area contributed by atoms with E-state index in [1.54, 1.807) is 11.0 Å². The van der Waals surface area contributed by atoms with Crippen LogP contribution in [0.1, 0.15) is 16.8 Å². The van der Waals surface area contributed by atoms with Crippen LogP contribution in [0.25, 0.3) is 0 Å². The number of carbonyl (C=O) groups excluding carboxylic acids is 1. The third-order valence-electron chi connectivity index (χ3n) is 3.36. The van der Waals surface area contributed by atoms with Gasteiger partial charge in [0.1, 0.15) is 11.9 Å². The van der Waals surface area contributed by atoms with E-state index >= 15 is 0 Å². The van der Waals surface area contributed by atoms with Crippen LogP contribution in [-0.4, -0.2) is 40.0 Å². The van der Waals surface area contributed by atoms with Gasteiger partial charge in [-0.25, -0.2) is 4.39 Å². The number of hydrogen-bond donors (Lipinski definition) is 0. The van der Waals surface area contributed by atoms with Gasteiger partial charge in [0.2, 0.25) is 11.8 Å². The van der Waals surface area contributed by atoms with Crippen molar-refractivity contribution in [2.75, 3.05) is 13.1 Å². The normalized spacial score (nSPS) is 17.5. The first-order valence-electron chi connectivity index (χ1n) is 6.81. The minimum absolute atomic E-state index is 0.187. The zero-order valence-corrected chi connectivity index (χ0v) is 11.6. The van der Waals surface area contributed by atoms with Crippen molar-refractivity contribution in [3.05, 3.63) is 54.0 Å². The molecule has 0 spiro atoms. The number of carbonyl (C=O) groups is 1. The van der Waals surface area contributed by atoms with Crippen LogP contribution in [0, 0.1) is 11.8 Å². The quantitative estimate of drug-likeness (QED) is 0.814. The van der Waals surface area contributed by atoms with Crippen molar-refractivity contribution in [3.8, 4) is 5.88 Å². The van der Waals surface area contributed by atoms with Crippen molar-refractivity contribution in [1.29, 1.82) is 0 Å². The molecule has 0 aliphatic carbocycles. The fourth-order valence-electron chi connectivity index (χ4n) is 2.35. The Morgan fingerprint density at radius 1 is 1.32 bits per heavy atom. The summed E-state index contributed by atoms with van der Waals surface area (Å²) < 4.78 is 31.7. The lowest BCUT2D eigenvalue weighted by Gasteiger charge is -2.16. The maximum absolute atomic E-state index is 13.1. The molecule has 3 rings (SSSR count). The molecule has 2 aromatic heterocycles. The van der Waals surface area contributed by atoms with Gasteiger partial charge in [-0.1, -0.05) is 6.07 Å². The first kappa shape index (κ1) is 14.4. The van der Waals surface area contributed by atoms with Gasteiger partial charge >= 0.3 is 0 Å². The number of likely N-dealkylation sites (tertiary alicyclic amines) is 1. The van der Waals surface area contributed by atoms with Crippen molar-refractivity contribution in [1.82, 2.24) is 14.9 Å². The molecule has 1 unspecified atom stereocenters. The number of pyridine rings is 2. The molecule has 0 bridgehead atoms. The Bertz CT molecular complexity index is 696. The molecular weight excluding hydrogens is 292 g/mol. The van der Waals surface area contributed by atoms with Crippen LogP contribution in [0.3, 0.4) is 0 Å². The summed E-state index contributed by atoms with van der Waals surface area (Å²) >= 11 is 0. The largest absolute Gasteiger partial charge is 0.472 e. The Labute approximate surface area is 125 Å². The molecule has 0 N–H and O–H groups in total. The van der Waals surface area contributed by atoms with Gasteiger partial charge in [0.15, 0.2) is 0 Å². The fraction of sp³-hybridized carbons (Fsp3) is 0.267. The SMILES string of the molecule is O=C(c1cncc(F)c1)N1CCC(Oc2cccc(F)n2)C1. The van der Waals surface area contributed by atoms with Gasteiger partial charge < -0.3 is 9.64 Å². The Hall–Kier alpha value is -2.57. The van der Waals surface area contributed by atoms with Crippen molar-refractivity contribution in [2.45, 2.75) is 12.5 Å². The molecule has 3 heterocycles. The fourth-order valence-corrected chi connectivity index (χ4v) is 2.35. The summed E-state index contributed by atoms with van der Waals surface area (Å²) in [7, 11) is 0. The van der Waals surface area contributed by atoms with E-state index in [1.807, 2.05) is 0 Å². The van der Waals surface area contributed by atoms with Gasteiger partial charge in [-0.05, 0) is 12.1 Å². The highest BCUT2D eigenvalue weighted by Crippen LogP contribution is 2.18. The van der Waals surface area contributed by atoms with Crippen molar-refractivity contribution in [2.24, 2.45) is 0 Å². The maximum Gasteiger partial charge on any atom is 0.255 e. The summed E-state index contributed by atoms with van der Waals surface area (Å²) in [6.45, 7) is 0.822. The second-order valence-electron chi connectivity index (χ2n) is 4.97. The Balaban J connectivity index is 1.63. The molecule has 5 nitrogen and oxygen atoms in total. The molecule has 7 heteroatoms. The molecule has 2 aromatic rings. The lowest BCUT2D eigenvalue weighted by molar-refractivity contribution is 0.0770. The number of hydrogen-bond acceptors (Lipinski definition) is 4. The summed E-state index contributed by atoms with van der Waals surface area (Å²) in [5.74, 6) is -1.28. The lowest BCUT2D eigenvalue weighted by Crippen LogP contribution is -2.31. The molecule has 1 fully saturated rings. The van der Waals surface area contributed by atoms with E-state index < -0.39 is 11.8 Å². The molecule has 1 saturated heterocycles. The second kappa shape index (κ2) is 6.05. The zero-order chi connectivity index (χ0) is 15.5. The highest BCUT2D eigenvalue weighted by Gasteiger charge is 2.28. The third kappa shape index (κ3) is 3.19. The van der Waals surface area contributed by atoms with Crippen LogP contribution < -0.4 is 4.74 Å². The number of rotatable bonds is 3. The van der Waals surface area contributed by atoms with Gasteiger partial charge in [-0.2, -0.15) is 9.37 Å². The summed E-state index contributed by atoms with van der Waals surface area (Å²) in [6, 6.07) is 5.45. The van der Waals surface area contributed by atoms with E-state index in [2.05, 4.69) is 9.97 Å². The predicted octanol–water partition coefficient (Wildman–Crippen LogP) is 2.05. The number of halogens is 2. The average Bonchev–Trinajstić information content (AvgIpc) is 2.95. The van der Waals surface area contributed by atoms with Gasteiger partial charge in [-0.3, -0.25) is 9.78 Å². The maximum atomic E-state index is 13.1. The van der Waals surface area contributed by atoms with E-state index in [9.17, 15) is 13.6 Å². The lowest BCUT2D eigenvalue weighted by atomic mass is 10.2. The van der Waals surface area contributed by atoms with Crippen molar-refractivity contribution in [3.63, 3.8) is 0 Å². The first-order valence-corrected chi connectivity index (χ1v) is 6.81. The van der Waals surface area contributed by atoms with E-state index in [-0.39, 0.29) is 23.5 Å². The Morgan fingerprint density at radius 2 is 2.18 bits per heavy atom. The van der Waals surface area contributed by atoms with Crippen molar-refractivity contribution < 1.29 is 18.3 Å². The molecular formula is C15H13F2N3O2. The van der Waals surface area contributed by atoms with Gasteiger partial charge in [0, 0.05) is 25.2 Å². The molecule has 0 saturated carbocycles. The Kier molecular flexibility index (Phi) is 3.95. The van der Waals surface area contributed by atoms with E-state index in [0.29, 0.717) is 19.5 Å². The van der Waals surface area contributed by atoms with Crippen LogP contribution in [0.5, 0.6) is 5.88 Å². The molecule has 0 radical (unpaired) electrons. The first-order chi connectivity index (χ1) is 10.6. The highest BCUT2D eigenvalue weighted by atomic mass is 19.1. The van der Waals surface area contributed by atoms with Crippen LogP contribution in [-0.2, 0) is 0 Å². The standard InChI is InChI=1S/C15H13F2N3O2/c16-11-6-10(7-18-8-11)15(21)20-5-4-12(9-20)22-14-3-1-2-13(17)19-14/h1-3,6-8,12H,4-5,9H2. The predicted molar refractivity (Wildman–Crippen MR) is 73.3 cm³/mol. The molecule has 114 valence electrons. The minimum Gasteiger partial charge on any atom is -0.472 e. The van der Waals surface area contributed by atoms with Crippen molar-refractivity contribution >= 4 is 5.91 Å². The highest BCUT2D eigenvalue weighted by molar-refractivity contribution is 5.94. The second-order valence-corrected chi connectivity index (χ2v) is 4.97. The molecule has 1 aliphatic heterocycles. The van der Waals surface area contributed by atoms with Gasteiger partial charge in [-0.15, -0.1) is 0 Å². The minimum atomic E-state index is -0.616. The summed E-state index contributed by atoms with van der Waals surface area (Å²) in [5.41, 5.74) is 0.199. The van der Waals surface area contributed by atoms with Gasteiger partial charge in [0.25, 0.3) is 5.91 Å². The van der Waals surface area contributed by atoms with Crippen LogP contribution in [0.4, 0.5) is 8.78 Å². The average molecular weight is 305 g/mol. The molecule has 1 atom stereocenters. The van der Waals surface area contributed by atoms with Crippen LogP contribution in [0.2, 0.25) is 0 Å². The topological polar surface area (TPSA) is 55.3 Å². The molecule has 22 heavy (non-hydrogen) atoms. The number of amides is 1. The molecule has 0 aromatic carbocycles. The number of nitrogens with zero attached hydrogens (tertiary/aromatic N) is 3. The van der Waals surface area contributed by atoms with Gasteiger partial charge in [0.05, 0.1) is 18.3 Å². The van der Waals surface area contributed by atoms with E-state index in [4.69, 9.17) is 4.74 Å². The third-order valence-corrected chi connectivity index (χ3v) is 3.36. The summed E-state index contributed by atoms with van der Waals surface area (Å²) in [4.78, 5) is 21.1. The summed E-state index contributed by atoms with van der Waals surface area (Å²) in [6.07, 6.45) is 2.71. The van der Waals surface area contributed by atoms with E-state index in [0.717, 1.165) is 12.3 Å². The van der Waals surface area contributed by atoms with E-state index in [1.165, 1.54) is 18.3 Å². The Morgan fingerprint density at radius 3 is 2.95 bits per heavy atom. The molecule has 1 amide bonds. The zero-order valence-electron chi connectivity index (χ0n) is 11.6. The smallest absolute Gasteiger partial charge is 0.255 e. The number of aromatic nitrogens is 2. The summed E-state index contributed by atoms with van der Waals surface area (Å²) in [5, 5.41) is 0. The van der Waals surface area contributed by atoms with Crippen LogP contribution >= 0.6 is 0 Å². The van der Waals surface area contributed by atoms with Crippen LogP contribution in [0.15, 0.2) is 36.7 Å². The monoisotopic (exact) mass is 305 g/mol. The number of ether oxygens (including phenoxy) is 1. The molecule has 1 aliphatic rings.